The summed E-state index contributed by atoms with van der Waals surface area (Å²) in [6.07, 6.45) is -0.994. The number of aliphatic hydroxyl groups is 2. The molecular formula is C12H19NO3. The number of hydrogen-bond donors (Lipinski definition) is 3. The fourth-order valence-electron chi connectivity index (χ4n) is 1.40. The second-order valence-corrected chi connectivity index (χ2v) is 3.80. The van der Waals surface area contributed by atoms with Gasteiger partial charge in [0, 0.05) is 13.1 Å². The molecule has 1 aromatic rings. The van der Waals surface area contributed by atoms with E-state index in [0.717, 1.165) is 11.3 Å². The van der Waals surface area contributed by atoms with Gasteiger partial charge in [0.25, 0.3) is 0 Å². The van der Waals surface area contributed by atoms with Crippen LogP contribution in [-0.2, 0) is 0 Å². The maximum atomic E-state index is 9.85. The van der Waals surface area contributed by atoms with Gasteiger partial charge in [-0.05, 0) is 24.6 Å². The Bertz CT molecular complexity index is 315. The first-order chi connectivity index (χ1) is 7.63. The van der Waals surface area contributed by atoms with Crippen LogP contribution in [0.1, 0.15) is 18.6 Å². The van der Waals surface area contributed by atoms with Gasteiger partial charge in [-0.15, -0.1) is 0 Å². The minimum atomic E-state index is -0.589. The van der Waals surface area contributed by atoms with Crippen molar-refractivity contribution in [2.24, 2.45) is 0 Å². The van der Waals surface area contributed by atoms with Gasteiger partial charge in [-0.25, -0.2) is 0 Å². The van der Waals surface area contributed by atoms with Crippen LogP contribution in [0.5, 0.6) is 5.75 Å². The highest BCUT2D eigenvalue weighted by molar-refractivity contribution is 5.29. The van der Waals surface area contributed by atoms with Gasteiger partial charge in [-0.2, -0.15) is 0 Å². The predicted molar refractivity (Wildman–Crippen MR) is 62.5 cm³/mol. The third-order valence-corrected chi connectivity index (χ3v) is 2.26. The van der Waals surface area contributed by atoms with Gasteiger partial charge in [0.15, 0.2) is 0 Å². The third-order valence-electron chi connectivity index (χ3n) is 2.26. The number of aliphatic hydroxyl groups excluding tert-OH is 2. The Balaban J connectivity index is 2.48. The molecule has 0 aliphatic heterocycles. The first-order valence-electron chi connectivity index (χ1n) is 5.34. The monoisotopic (exact) mass is 225 g/mol. The highest BCUT2D eigenvalue weighted by Crippen LogP contribution is 2.18. The van der Waals surface area contributed by atoms with Crippen LogP contribution in [0.3, 0.4) is 0 Å². The normalized spacial score (nSPS) is 14.5. The minimum Gasteiger partial charge on any atom is -0.497 e. The quantitative estimate of drug-likeness (QED) is 0.667. The van der Waals surface area contributed by atoms with Gasteiger partial charge >= 0.3 is 0 Å². The van der Waals surface area contributed by atoms with E-state index in [2.05, 4.69) is 5.32 Å². The van der Waals surface area contributed by atoms with Crippen molar-refractivity contribution in [3.05, 3.63) is 29.8 Å². The number of benzene rings is 1. The zero-order valence-electron chi connectivity index (χ0n) is 9.68. The van der Waals surface area contributed by atoms with Crippen LogP contribution in [0.2, 0.25) is 0 Å². The van der Waals surface area contributed by atoms with Crippen molar-refractivity contribution in [2.75, 3.05) is 20.2 Å². The molecule has 2 atom stereocenters. The molecule has 1 unspecified atom stereocenters. The van der Waals surface area contributed by atoms with Gasteiger partial charge in [0.1, 0.15) is 5.75 Å². The molecule has 0 spiro atoms. The Kier molecular flexibility index (Phi) is 5.25. The van der Waals surface area contributed by atoms with Gasteiger partial charge in [-0.3, -0.25) is 0 Å². The van der Waals surface area contributed by atoms with Crippen molar-refractivity contribution in [1.82, 2.24) is 5.32 Å². The highest BCUT2D eigenvalue weighted by Gasteiger charge is 2.08. The molecule has 4 nitrogen and oxygen atoms in total. The highest BCUT2D eigenvalue weighted by atomic mass is 16.5. The van der Waals surface area contributed by atoms with E-state index in [1.54, 1.807) is 20.1 Å². The maximum Gasteiger partial charge on any atom is 0.119 e. The molecule has 90 valence electrons. The number of methoxy groups -OCH3 is 1. The molecule has 0 bridgehead atoms. The van der Waals surface area contributed by atoms with Crippen molar-refractivity contribution < 1.29 is 14.9 Å². The van der Waals surface area contributed by atoms with Crippen LogP contribution in [-0.4, -0.2) is 36.5 Å². The van der Waals surface area contributed by atoms with Crippen molar-refractivity contribution in [1.29, 1.82) is 0 Å². The molecule has 0 saturated heterocycles. The van der Waals surface area contributed by atoms with E-state index in [4.69, 9.17) is 9.84 Å². The number of nitrogens with one attached hydrogen (secondary N) is 1. The topological polar surface area (TPSA) is 61.7 Å². The summed E-state index contributed by atoms with van der Waals surface area (Å²) in [6, 6.07) is 7.32. The largest absolute Gasteiger partial charge is 0.497 e. The van der Waals surface area contributed by atoms with E-state index in [-0.39, 0.29) is 0 Å². The third kappa shape index (κ3) is 4.18. The predicted octanol–water partition coefficient (Wildman–Crippen LogP) is 0.699. The molecule has 0 aliphatic rings. The smallest absolute Gasteiger partial charge is 0.119 e. The van der Waals surface area contributed by atoms with Crippen molar-refractivity contribution in [3.8, 4) is 5.75 Å². The van der Waals surface area contributed by atoms with E-state index in [0.29, 0.717) is 13.1 Å². The van der Waals surface area contributed by atoms with Crippen LogP contribution in [0.4, 0.5) is 0 Å². The summed E-state index contributed by atoms with van der Waals surface area (Å²) < 4.78 is 5.08. The molecule has 16 heavy (non-hydrogen) atoms. The standard InChI is InChI=1S/C12H19NO3/c1-9(14)7-13-8-12(15)10-4-3-5-11(6-10)16-2/h3-6,9,12-15H,7-8H2,1-2H3/t9-,12?/m0/s1. The molecule has 0 saturated carbocycles. The number of rotatable bonds is 6. The van der Waals surface area contributed by atoms with Crippen LogP contribution in [0.15, 0.2) is 24.3 Å². The Morgan fingerprint density at radius 1 is 1.31 bits per heavy atom. The average Bonchev–Trinajstić information content (AvgIpc) is 2.28. The summed E-state index contributed by atoms with van der Waals surface area (Å²) in [6.45, 7) is 2.59. The van der Waals surface area contributed by atoms with Gasteiger partial charge < -0.3 is 20.3 Å². The van der Waals surface area contributed by atoms with Gasteiger partial charge in [0.05, 0.1) is 19.3 Å². The van der Waals surface area contributed by atoms with Crippen LogP contribution in [0.25, 0.3) is 0 Å². The Labute approximate surface area is 95.9 Å². The number of ether oxygens (including phenoxy) is 1. The molecule has 4 heteroatoms. The maximum absolute atomic E-state index is 9.85. The summed E-state index contributed by atoms with van der Waals surface area (Å²) >= 11 is 0. The average molecular weight is 225 g/mol. The molecule has 1 rings (SSSR count). The summed E-state index contributed by atoms with van der Waals surface area (Å²) in [4.78, 5) is 0. The molecule has 0 amide bonds. The lowest BCUT2D eigenvalue weighted by Crippen LogP contribution is -2.28. The zero-order chi connectivity index (χ0) is 12.0. The molecular weight excluding hydrogens is 206 g/mol. The van der Waals surface area contributed by atoms with E-state index in [9.17, 15) is 5.11 Å². The van der Waals surface area contributed by atoms with Gasteiger partial charge in [0.2, 0.25) is 0 Å². The van der Waals surface area contributed by atoms with Crippen LogP contribution in [0, 0.1) is 0 Å². The van der Waals surface area contributed by atoms with E-state index in [1.165, 1.54) is 0 Å². The lowest BCUT2D eigenvalue weighted by atomic mass is 10.1. The first kappa shape index (κ1) is 13.0. The first-order valence-corrected chi connectivity index (χ1v) is 5.34. The minimum absolute atomic E-state index is 0.405. The van der Waals surface area contributed by atoms with Crippen molar-refractivity contribution >= 4 is 0 Å². The summed E-state index contributed by atoms with van der Waals surface area (Å²) in [5.74, 6) is 0.729. The van der Waals surface area contributed by atoms with E-state index < -0.39 is 12.2 Å². The Morgan fingerprint density at radius 2 is 2.06 bits per heavy atom. The molecule has 1 aromatic carbocycles. The fourth-order valence-corrected chi connectivity index (χ4v) is 1.40. The van der Waals surface area contributed by atoms with Crippen molar-refractivity contribution in [3.63, 3.8) is 0 Å². The second-order valence-electron chi connectivity index (χ2n) is 3.80. The lowest BCUT2D eigenvalue weighted by molar-refractivity contribution is 0.154. The molecule has 0 heterocycles. The number of hydrogen-bond acceptors (Lipinski definition) is 4. The second kappa shape index (κ2) is 6.48. The van der Waals surface area contributed by atoms with E-state index >= 15 is 0 Å². The summed E-state index contributed by atoms with van der Waals surface area (Å²) in [7, 11) is 1.59. The van der Waals surface area contributed by atoms with Gasteiger partial charge in [-0.1, -0.05) is 12.1 Å². The van der Waals surface area contributed by atoms with Crippen LogP contribution < -0.4 is 10.1 Å². The van der Waals surface area contributed by atoms with Crippen molar-refractivity contribution in [2.45, 2.75) is 19.1 Å². The Morgan fingerprint density at radius 3 is 2.69 bits per heavy atom. The molecule has 0 aliphatic carbocycles. The molecule has 3 N–H and O–H groups in total. The fraction of sp³-hybridized carbons (Fsp3) is 0.500. The Hall–Kier alpha value is -1.10. The van der Waals surface area contributed by atoms with E-state index in [1.807, 2.05) is 18.2 Å². The SMILES string of the molecule is COc1cccc(C(O)CNC[C@H](C)O)c1. The molecule has 0 radical (unpaired) electrons. The molecule has 0 fully saturated rings. The lowest BCUT2D eigenvalue weighted by Gasteiger charge is -2.13. The van der Waals surface area contributed by atoms with Crippen LogP contribution >= 0.6 is 0 Å². The summed E-state index contributed by atoms with van der Waals surface area (Å²) in [5.41, 5.74) is 0.803. The summed E-state index contributed by atoms with van der Waals surface area (Å²) in [5, 5.41) is 21.9. The zero-order valence-corrected chi connectivity index (χ0v) is 9.68. The molecule has 0 aromatic heterocycles.